The largest absolute Gasteiger partial charge is 0.481 e. The summed E-state index contributed by atoms with van der Waals surface area (Å²) >= 11 is 6.01. The highest BCUT2D eigenvalue weighted by Gasteiger charge is 2.42. The van der Waals surface area contributed by atoms with Crippen LogP contribution in [0.1, 0.15) is 35.2 Å². The quantitative estimate of drug-likeness (QED) is 0.534. The number of pyridine rings is 1. The summed E-state index contributed by atoms with van der Waals surface area (Å²) in [5.41, 5.74) is 1.38. The minimum Gasteiger partial charge on any atom is -0.481 e. The van der Waals surface area contributed by atoms with Gasteiger partial charge < -0.3 is 14.5 Å². The van der Waals surface area contributed by atoms with E-state index in [-0.39, 0.29) is 22.4 Å². The Morgan fingerprint density at radius 2 is 1.74 bits per heavy atom. The van der Waals surface area contributed by atoms with E-state index < -0.39 is 0 Å². The molecule has 0 atom stereocenters. The Kier molecular flexibility index (Phi) is 6.15. The molecule has 2 aliphatic heterocycles. The Hall–Kier alpha value is -3.04. The minimum absolute atomic E-state index is 0.0639. The maximum Gasteiger partial charge on any atom is 0.298 e. The number of piperidine rings is 1. The number of ether oxygens (including phenoxy) is 1. The maximum absolute atomic E-state index is 12.9. The van der Waals surface area contributed by atoms with Crippen LogP contribution in [0.2, 0.25) is 5.15 Å². The molecule has 3 heterocycles. The van der Waals surface area contributed by atoms with E-state index in [1.807, 2.05) is 40.1 Å². The van der Waals surface area contributed by atoms with E-state index in [1.54, 1.807) is 12.1 Å². The molecule has 1 aromatic heterocycles. The van der Waals surface area contributed by atoms with Crippen LogP contribution in [-0.2, 0) is 4.79 Å². The first kappa shape index (κ1) is 21.2. The zero-order chi connectivity index (χ0) is 21.8. The third-order valence-corrected chi connectivity index (χ3v) is 6.34. The number of benzene rings is 1. The fourth-order valence-corrected chi connectivity index (χ4v) is 4.51. The smallest absolute Gasteiger partial charge is 0.298 e. The Balaban J connectivity index is 1.35. The Morgan fingerprint density at radius 3 is 2.42 bits per heavy atom. The van der Waals surface area contributed by atoms with Crippen molar-refractivity contribution in [2.75, 3.05) is 33.3 Å². The highest BCUT2D eigenvalue weighted by molar-refractivity contribution is 6.29. The van der Waals surface area contributed by atoms with Crippen LogP contribution < -0.4 is 4.74 Å². The van der Waals surface area contributed by atoms with Crippen LogP contribution in [0.4, 0.5) is 0 Å². The second-order valence-electron chi connectivity index (χ2n) is 8.11. The molecule has 0 radical (unpaired) electrons. The lowest BCUT2D eigenvalue weighted by Crippen LogP contribution is -2.44. The fourth-order valence-electron chi connectivity index (χ4n) is 4.31. The van der Waals surface area contributed by atoms with Crippen LogP contribution in [0.15, 0.2) is 42.5 Å². The van der Waals surface area contributed by atoms with Gasteiger partial charge in [0.15, 0.2) is 0 Å². The van der Waals surface area contributed by atoms with E-state index in [9.17, 15) is 9.59 Å². The Labute approximate surface area is 187 Å². The molecule has 0 bridgehead atoms. The van der Waals surface area contributed by atoms with Crippen LogP contribution in [0, 0.1) is 17.3 Å². The molecule has 2 saturated heterocycles. The normalized spacial score (nSPS) is 17.2. The zero-order valence-electron chi connectivity index (χ0n) is 17.4. The molecule has 160 valence electrons. The number of nitrogens with zero attached hydrogens (tertiary/aromatic N) is 3. The lowest BCUT2D eigenvalue weighted by atomic mass is 9.77. The number of methoxy groups -OCH3 is 1. The summed E-state index contributed by atoms with van der Waals surface area (Å²) in [5, 5.41) is 0.234. The fraction of sp³-hybridized carbons (Fsp3) is 0.375. The lowest BCUT2D eigenvalue weighted by Gasteiger charge is -2.39. The molecule has 2 aliphatic rings. The van der Waals surface area contributed by atoms with Crippen molar-refractivity contribution >= 4 is 23.4 Å². The monoisotopic (exact) mass is 437 g/mol. The van der Waals surface area contributed by atoms with Crippen LogP contribution in [0.3, 0.4) is 0 Å². The van der Waals surface area contributed by atoms with E-state index in [0.717, 1.165) is 24.8 Å². The average Bonchev–Trinajstić information content (AvgIpc) is 3.21. The number of carbonyl (C=O) groups is 2. The molecule has 1 aromatic carbocycles. The molecule has 2 amide bonds. The summed E-state index contributed by atoms with van der Waals surface area (Å²) < 4.78 is 5.12. The molecule has 0 unspecified atom stereocenters. The molecule has 0 N–H and O–H groups in total. The van der Waals surface area contributed by atoms with Crippen molar-refractivity contribution in [3.8, 4) is 17.7 Å². The van der Waals surface area contributed by atoms with Crippen LogP contribution in [0.25, 0.3) is 0 Å². The number of halogens is 1. The SMILES string of the molecule is COc1cc(C(=O)N2CCC3(CCN(C(=O)C#Cc4ccccc4)C3)CC2)cc(Cl)n1. The molecule has 6 nitrogen and oxygen atoms in total. The maximum atomic E-state index is 12.9. The second-order valence-corrected chi connectivity index (χ2v) is 8.49. The first-order valence-corrected chi connectivity index (χ1v) is 10.7. The number of likely N-dealkylation sites (tertiary alicyclic amines) is 2. The van der Waals surface area contributed by atoms with Gasteiger partial charge in [0, 0.05) is 49.3 Å². The molecule has 2 fully saturated rings. The van der Waals surface area contributed by atoms with Crippen molar-refractivity contribution in [2.45, 2.75) is 19.3 Å². The van der Waals surface area contributed by atoms with Crippen molar-refractivity contribution in [1.29, 1.82) is 0 Å². The number of rotatable bonds is 2. The van der Waals surface area contributed by atoms with Crippen LogP contribution >= 0.6 is 11.6 Å². The second kappa shape index (κ2) is 8.99. The standard InChI is InChI=1S/C24H24ClN3O3/c1-31-21-16-19(15-20(25)26-21)23(30)27-12-9-24(10-13-27)11-14-28(17-24)22(29)8-7-18-5-3-2-4-6-18/h2-6,15-16H,9-14,17H2,1H3. The first-order valence-electron chi connectivity index (χ1n) is 10.3. The number of carbonyl (C=O) groups excluding carboxylic acids is 2. The van der Waals surface area contributed by atoms with Gasteiger partial charge in [0.25, 0.3) is 11.8 Å². The van der Waals surface area contributed by atoms with Crippen molar-refractivity contribution in [2.24, 2.45) is 5.41 Å². The Morgan fingerprint density at radius 1 is 1.06 bits per heavy atom. The van der Waals surface area contributed by atoms with Gasteiger partial charge in [-0.15, -0.1) is 0 Å². The number of hydrogen-bond donors (Lipinski definition) is 0. The molecule has 0 aliphatic carbocycles. The summed E-state index contributed by atoms with van der Waals surface area (Å²) in [7, 11) is 1.49. The van der Waals surface area contributed by atoms with Gasteiger partial charge >= 0.3 is 0 Å². The average molecular weight is 438 g/mol. The van der Waals surface area contributed by atoms with E-state index in [4.69, 9.17) is 16.3 Å². The van der Waals surface area contributed by atoms with Gasteiger partial charge in [0.2, 0.25) is 5.88 Å². The first-order chi connectivity index (χ1) is 15.0. The highest BCUT2D eigenvalue weighted by Crippen LogP contribution is 2.40. The van der Waals surface area contributed by atoms with Gasteiger partial charge in [-0.05, 0) is 42.9 Å². The lowest BCUT2D eigenvalue weighted by molar-refractivity contribution is -0.124. The molecular weight excluding hydrogens is 414 g/mol. The number of hydrogen-bond acceptors (Lipinski definition) is 4. The van der Waals surface area contributed by atoms with Crippen LogP contribution in [0.5, 0.6) is 5.88 Å². The van der Waals surface area contributed by atoms with Crippen molar-refractivity contribution in [1.82, 2.24) is 14.8 Å². The molecule has 0 saturated carbocycles. The summed E-state index contributed by atoms with van der Waals surface area (Å²) in [4.78, 5) is 33.2. The predicted molar refractivity (Wildman–Crippen MR) is 118 cm³/mol. The van der Waals surface area contributed by atoms with Gasteiger partial charge in [0.1, 0.15) is 5.15 Å². The van der Waals surface area contributed by atoms with Crippen LogP contribution in [-0.4, -0.2) is 59.9 Å². The summed E-state index contributed by atoms with van der Waals surface area (Å²) in [6.07, 6.45) is 2.68. The number of aromatic nitrogens is 1. The van der Waals surface area contributed by atoms with E-state index >= 15 is 0 Å². The molecule has 4 rings (SSSR count). The third-order valence-electron chi connectivity index (χ3n) is 6.15. The van der Waals surface area contributed by atoms with Gasteiger partial charge in [-0.3, -0.25) is 9.59 Å². The summed E-state index contributed by atoms with van der Waals surface area (Å²) in [6.45, 7) is 2.72. The number of amides is 2. The molecule has 1 spiro atoms. The highest BCUT2D eigenvalue weighted by atomic mass is 35.5. The zero-order valence-corrected chi connectivity index (χ0v) is 18.2. The van der Waals surface area contributed by atoms with Gasteiger partial charge in [-0.2, -0.15) is 0 Å². The molecule has 2 aromatic rings. The van der Waals surface area contributed by atoms with Gasteiger partial charge in [-0.25, -0.2) is 4.98 Å². The Bertz CT molecular complexity index is 1040. The van der Waals surface area contributed by atoms with Crippen molar-refractivity contribution in [3.63, 3.8) is 0 Å². The van der Waals surface area contributed by atoms with Crippen molar-refractivity contribution < 1.29 is 14.3 Å². The summed E-state index contributed by atoms with van der Waals surface area (Å²) in [5.74, 6) is 5.84. The molecular formula is C24H24ClN3O3. The minimum atomic E-state index is -0.127. The van der Waals surface area contributed by atoms with Gasteiger partial charge in [0.05, 0.1) is 7.11 Å². The molecule has 7 heteroatoms. The van der Waals surface area contributed by atoms with E-state index in [0.29, 0.717) is 37.6 Å². The van der Waals surface area contributed by atoms with E-state index in [1.165, 1.54) is 7.11 Å². The van der Waals surface area contributed by atoms with Gasteiger partial charge in [-0.1, -0.05) is 35.7 Å². The third kappa shape index (κ3) is 4.83. The van der Waals surface area contributed by atoms with E-state index in [2.05, 4.69) is 16.8 Å². The summed E-state index contributed by atoms with van der Waals surface area (Å²) in [6, 6.07) is 12.7. The molecule has 31 heavy (non-hydrogen) atoms. The van der Waals surface area contributed by atoms with Crippen molar-refractivity contribution in [3.05, 3.63) is 58.7 Å². The predicted octanol–water partition coefficient (Wildman–Crippen LogP) is 3.25. The topological polar surface area (TPSA) is 62.7 Å².